The molecule has 0 saturated carbocycles. The van der Waals surface area contributed by atoms with Gasteiger partial charge in [-0.3, -0.25) is 4.79 Å². The standard InChI is InChI=1S/C19H22N2O4/c1-12(15-7-10-17(24-3)18(11-15)25-4)20-19(23)21-16-8-5-14(6-9-16)13(2)22/h5-12H,1-4H3,(H2,20,21,23)/t12-/m1/s1. The number of amides is 2. The number of urea groups is 1. The molecule has 0 radical (unpaired) electrons. The van der Waals surface area contributed by atoms with Crippen molar-refractivity contribution >= 4 is 17.5 Å². The van der Waals surface area contributed by atoms with Gasteiger partial charge in [0.05, 0.1) is 20.3 Å². The monoisotopic (exact) mass is 342 g/mol. The van der Waals surface area contributed by atoms with E-state index in [1.807, 2.05) is 19.1 Å². The van der Waals surface area contributed by atoms with Crippen molar-refractivity contribution in [2.75, 3.05) is 19.5 Å². The van der Waals surface area contributed by atoms with Crippen LogP contribution in [0, 0.1) is 0 Å². The minimum Gasteiger partial charge on any atom is -0.493 e. The van der Waals surface area contributed by atoms with E-state index in [1.54, 1.807) is 44.6 Å². The Balaban J connectivity index is 2.01. The zero-order chi connectivity index (χ0) is 18.4. The van der Waals surface area contributed by atoms with Gasteiger partial charge in [0, 0.05) is 11.3 Å². The summed E-state index contributed by atoms with van der Waals surface area (Å²) in [5.41, 5.74) is 2.10. The SMILES string of the molecule is COc1ccc([C@@H](C)NC(=O)Nc2ccc(C(C)=O)cc2)cc1OC. The first-order chi connectivity index (χ1) is 11.9. The fourth-order valence-corrected chi connectivity index (χ4v) is 2.36. The average molecular weight is 342 g/mol. The van der Waals surface area contributed by atoms with E-state index in [-0.39, 0.29) is 17.9 Å². The number of carbonyl (C=O) groups is 2. The normalized spacial score (nSPS) is 11.4. The third-order valence-electron chi connectivity index (χ3n) is 3.80. The highest BCUT2D eigenvalue weighted by Crippen LogP contribution is 2.29. The van der Waals surface area contributed by atoms with Crippen LogP contribution in [0.4, 0.5) is 10.5 Å². The first-order valence-corrected chi connectivity index (χ1v) is 7.85. The molecule has 0 spiro atoms. The van der Waals surface area contributed by atoms with Crippen LogP contribution in [0.15, 0.2) is 42.5 Å². The Kier molecular flexibility index (Phi) is 6.00. The summed E-state index contributed by atoms with van der Waals surface area (Å²) in [5.74, 6) is 1.22. The molecule has 132 valence electrons. The number of benzene rings is 2. The van der Waals surface area contributed by atoms with Gasteiger partial charge in [-0.25, -0.2) is 4.79 Å². The van der Waals surface area contributed by atoms with Crippen molar-refractivity contribution in [1.82, 2.24) is 5.32 Å². The highest BCUT2D eigenvalue weighted by molar-refractivity contribution is 5.95. The van der Waals surface area contributed by atoms with Crippen LogP contribution in [0.1, 0.15) is 35.8 Å². The number of rotatable bonds is 6. The number of ketones is 1. The van der Waals surface area contributed by atoms with Crippen molar-refractivity contribution < 1.29 is 19.1 Å². The van der Waals surface area contributed by atoms with Gasteiger partial charge in [-0.15, -0.1) is 0 Å². The molecule has 0 unspecified atom stereocenters. The maximum atomic E-state index is 12.1. The number of Topliss-reactive ketones (excluding diaryl/α,β-unsaturated/α-hetero) is 1. The van der Waals surface area contributed by atoms with Gasteiger partial charge in [0.1, 0.15) is 0 Å². The molecule has 0 heterocycles. The quantitative estimate of drug-likeness (QED) is 0.783. The molecule has 0 aliphatic carbocycles. The zero-order valence-electron chi connectivity index (χ0n) is 14.8. The van der Waals surface area contributed by atoms with Crippen LogP contribution in [0.2, 0.25) is 0 Å². The molecule has 0 aliphatic heterocycles. The van der Waals surface area contributed by atoms with E-state index in [0.29, 0.717) is 22.7 Å². The van der Waals surface area contributed by atoms with Gasteiger partial charge in [0.25, 0.3) is 0 Å². The summed E-state index contributed by atoms with van der Waals surface area (Å²) in [7, 11) is 3.14. The van der Waals surface area contributed by atoms with Crippen LogP contribution in [0.25, 0.3) is 0 Å². The van der Waals surface area contributed by atoms with E-state index < -0.39 is 0 Å². The second-order valence-electron chi connectivity index (χ2n) is 5.57. The summed E-state index contributed by atoms with van der Waals surface area (Å²) in [6, 6.07) is 11.7. The Morgan fingerprint density at radius 1 is 0.960 bits per heavy atom. The maximum absolute atomic E-state index is 12.1. The number of nitrogens with one attached hydrogen (secondary N) is 2. The Hall–Kier alpha value is -3.02. The van der Waals surface area contributed by atoms with E-state index in [4.69, 9.17) is 9.47 Å². The van der Waals surface area contributed by atoms with Crippen LogP contribution in [0.5, 0.6) is 11.5 Å². The lowest BCUT2D eigenvalue weighted by Gasteiger charge is -2.17. The van der Waals surface area contributed by atoms with Crippen molar-refractivity contribution in [1.29, 1.82) is 0 Å². The molecule has 0 aliphatic rings. The topological polar surface area (TPSA) is 76.7 Å². The predicted octanol–water partition coefficient (Wildman–Crippen LogP) is 3.79. The zero-order valence-corrected chi connectivity index (χ0v) is 14.8. The van der Waals surface area contributed by atoms with Crippen molar-refractivity contribution in [2.24, 2.45) is 0 Å². The Labute approximate surface area is 147 Å². The van der Waals surface area contributed by atoms with Crippen molar-refractivity contribution in [2.45, 2.75) is 19.9 Å². The molecule has 0 fully saturated rings. The highest BCUT2D eigenvalue weighted by Gasteiger charge is 2.13. The Morgan fingerprint density at radius 3 is 2.16 bits per heavy atom. The molecule has 2 N–H and O–H groups in total. The number of ether oxygens (including phenoxy) is 2. The van der Waals surface area contributed by atoms with Gasteiger partial charge >= 0.3 is 6.03 Å². The van der Waals surface area contributed by atoms with E-state index in [1.165, 1.54) is 6.92 Å². The van der Waals surface area contributed by atoms with Crippen molar-refractivity contribution in [3.8, 4) is 11.5 Å². The summed E-state index contributed by atoms with van der Waals surface area (Å²) in [6.07, 6.45) is 0. The predicted molar refractivity (Wildman–Crippen MR) is 96.6 cm³/mol. The molecule has 1 atom stereocenters. The van der Waals surface area contributed by atoms with Gasteiger partial charge in [-0.05, 0) is 55.8 Å². The molecule has 2 aromatic carbocycles. The molecule has 2 aromatic rings. The van der Waals surface area contributed by atoms with Crippen LogP contribution in [-0.2, 0) is 0 Å². The van der Waals surface area contributed by atoms with Gasteiger partial charge in [-0.2, -0.15) is 0 Å². The fraction of sp³-hybridized carbons (Fsp3) is 0.263. The fourth-order valence-electron chi connectivity index (χ4n) is 2.36. The summed E-state index contributed by atoms with van der Waals surface area (Å²) in [6.45, 7) is 3.37. The number of carbonyl (C=O) groups excluding carboxylic acids is 2. The number of hydrogen-bond donors (Lipinski definition) is 2. The molecule has 6 nitrogen and oxygen atoms in total. The lowest BCUT2D eigenvalue weighted by atomic mass is 10.1. The van der Waals surface area contributed by atoms with Crippen molar-refractivity contribution in [3.05, 3.63) is 53.6 Å². The molecule has 0 saturated heterocycles. The largest absolute Gasteiger partial charge is 0.493 e. The maximum Gasteiger partial charge on any atom is 0.319 e. The first-order valence-electron chi connectivity index (χ1n) is 7.85. The van der Waals surface area contributed by atoms with Crippen LogP contribution < -0.4 is 20.1 Å². The minimum atomic E-state index is -0.335. The third kappa shape index (κ3) is 4.73. The van der Waals surface area contributed by atoms with E-state index in [2.05, 4.69) is 10.6 Å². The molecule has 0 aromatic heterocycles. The van der Waals surface area contributed by atoms with Crippen LogP contribution in [0.3, 0.4) is 0 Å². The summed E-state index contributed by atoms with van der Waals surface area (Å²) >= 11 is 0. The van der Waals surface area contributed by atoms with Gasteiger partial charge in [-0.1, -0.05) is 6.07 Å². The average Bonchev–Trinajstić information content (AvgIpc) is 2.61. The number of anilines is 1. The molecule has 0 bridgehead atoms. The highest BCUT2D eigenvalue weighted by atomic mass is 16.5. The van der Waals surface area contributed by atoms with E-state index in [0.717, 1.165) is 5.56 Å². The summed E-state index contributed by atoms with van der Waals surface area (Å²) in [4.78, 5) is 23.4. The lowest BCUT2D eigenvalue weighted by Crippen LogP contribution is -2.31. The molecule has 2 rings (SSSR count). The van der Waals surface area contributed by atoms with Crippen LogP contribution >= 0.6 is 0 Å². The van der Waals surface area contributed by atoms with E-state index in [9.17, 15) is 9.59 Å². The van der Waals surface area contributed by atoms with E-state index >= 15 is 0 Å². The van der Waals surface area contributed by atoms with Crippen LogP contribution in [-0.4, -0.2) is 26.0 Å². The number of hydrogen-bond acceptors (Lipinski definition) is 4. The second-order valence-corrected chi connectivity index (χ2v) is 5.57. The molecule has 2 amide bonds. The third-order valence-corrected chi connectivity index (χ3v) is 3.80. The lowest BCUT2D eigenvalue weighted by molar-refractivity contribution is 0.101. The van der Waals surface area contributed by atoms with Crippen molar-refractivity contribution in [3.63, 3.8) is 0 Å². The Bertz CT molecular complexity index is 757. The first kappa shape index (κ1) is 18.3. The van der Waals surface area contributed by atoms with Gasteiger partial charge in [0.2, 0.25) is 0 Å². The second kappa shape index (κ2) is 8.19. The number of methoxy groups -OCH3 is 2. The molecular formula is C19H22N2O4. The molecule has 25 heavy (non-hydrogen) atoms. The minimum absolute atomic E-state index is 0.0157. The Morgan fingerprint density at radius 2 is 1.60 bits per heavy atom. The summed E-state index contributed by atoms with van der Waals surface area (Å²) < 4.78 is 10.5. The smallest absolute Gasteiger partial charge is 0.319 e. The van der Waals surface area contributed by atoms with Gasteiger partial charge in [0.15, 0.2) is 17.3 Å². The summed E-state index contributed by atoms with van der Waals surface area (Å²) in [5, 5.41) is 5.60. The molecular weight excluding hydrogens is 320 g/mol. The van der Waals surface area contributed by atoms with Gasteiger partial charge < -0.3 is 20.1 Å². The molecule has 6 heteroatoms.